The van der Waals surface area contributed by atoms with Gasteiger partial charge in [0.2, 0.25) is 5.95 Å². The van der Waals surface area contributed by atoms with Gasteiger partial charge in [0.15, 0.2) is 0 Å². The van der Waals surface area contributed by atoms with E-state index in [-0.39, 0.29) is 6.04 Å². The summed E-state index contributed by atoms with van der Waals surface area (Å²) in [6.07, 6.45) is 2.66. The van der Waals surface area contributed by atoms with Gasteiger partial charge >= 0.3 is 0 Å². The number of nitrogens with one attached hydrogen (secondary N) is 1. The molecule has 0 aliphatic rings. The average molecular weight is 421 g/mol. The van der Waals surface area contributed by atoms with Crippen molar-refractivity contribution in [1.82, 2.24) is 15.0 Å². The monoisotopic (exact) mass is 420 g/mol. The number of hydrogen-bond donors (Lipinski definition) is 1. The van der Waals surface area contributed by atoms with Gasteiger partial charge in [-0.05, 0) is 37.1 Å². The molecular formula is C23H21ClN4S. The van der Waals surface area contributed by atoms with Crippen LogP contribution in [0.15, 0.2) is 66.9 Å². The van der Waals surface area contributed by atoms with E-state index < -0.39 is 0 Å². The number of aryl methyl sites for hydroxylation is 1. The van der Waals surface area contributed by atoms with Crippen LogP contribution in [0.4, 0.5) is 5.95 Å². The molecule has 0 aliphatic heterocycles. The summed E-state index contributed by atoms with van der Waals surface area (Å²) in [5.41, 5.74) is 3.95. The third kappa shape index (κ3) is 4.47. The summed E-state index contributed by atoms with van der Waals surface area (Å²) in [5, 5.41) is 5.16. The van der Waals surface area contributed by atoms with Crippen LogP contribution in [0.5, 0.6) is 0 Å². The van der Waals surface area contributed by atoms with Crippen LogP contribution >= 0.6 is 22.9 Å². The predicted octanol–water partition coefficient (Wildman–Crippen LogP) is 6.66. The zero-order valence-corrected chi connectivity index (χ0v) is 17.8. The first-order valence-corrected chi connectivity index (χ1v) is 10.7. The summed E-state index contributed by atoms with van der Waals surface area (Å²) in [4.78, 5) is 15.1. The van der Waals surface area contributed by atoms with Gasteiger partial charge in [-0.3, -0.25) is 0 Å². The van der Waals surface area contributed by atoms with Crippen molar-refractivity contribution in [3.8, 4) is 21.8 Å². The van der Waals surface area contributed by atoms with E-state index in [4.69, 9.17) is 21.6 Å². The van der Waals surface area contributed by atoms with E-state index >= 15 is 0 Å². The maximum Gasteiger partial charge on any atom is 0.223 e. The van der Waals surface area contributed by atoms with E-state index in [0.717, 1.165) is 33.3 Å². The van der Waals surface area contributed by atoms with Crippen LogP contribution in [0.1, 0.15) is 30.5 Å². The Hall–Kier alpha value is -2.76. The average Bonchev–Trinajstić information content (AvgIpc) is 3.19. The SMILES string of the molecule is CCc1nc(-c2cccc(Cl)c2)c(-c2ccnc(N[C@@H](C)c3ccccc3)n2)s1. The Balaban J connectivity index is 1.69. The number of nitrogens with zero attached hydrogens (tertiary/aromatic N) is 3. The first-order valence-electron chi connectivity index (χ1n) is 9.54. The molecule has 0 amide bonds. The normalized spacial score (nSPS) is 12.0. The van der Waals surface area contributed by atoms with E-state index in [1.165, 1.54) is 5.56 Å². The van der Waals surface area contributed by atoms with Gasteiger partial charge in [-0.2, -0.15) is 0 Å². The van der Waals surface area contributed by atoms with Crippen molar-refractivity contribution in [2.45, 2.75) is 26.3 Å². The summed E-state index contributed by atoms with van der Waals surface area (Å²) in [5.74, 6) is 0.599. The molecule has 0 saturated heterocycles. The van der Waals surface area contributed by atoms with Crippen molar-refractivity contribution >= 4 is 28.9 Å². The molecule has 0 radical (unpaired) electrons. The van der Waals surface area contributed by atoms with Gasteiger partial charge in [0.05, 0.1) is 27.3 Å². The summed E-state index contributed by atoms with van der Waals surface area (Å²) in [7, 11) is 0. The lowest BCUT2D eigenvalue weighted by Crippen LogP contribution is -2.09. The van der Waals surface area contributed by atoms with Crippen molar-refractivity contribution in [2.75, 3.05) is 5.32 Å². The second-order valence-electron chi connectivity index (χ2n) is 6.69. The zero-order chi connectivity index (χ0) is 20.2. The predicted molar refractivity (Wildman–Crippen MR) is 121 cm³/mol. The molecule has 0 bridgehead atoms. The molecule has 29 heavy (non-hydrogen) atoms. The lowest BCUT2D eigenvalue weighted by Gasteiger charge is -2.14. The highest BCUT2D eigenvalue weighted by Gasteiger charge is 2.17. The number of thiazole rings is 1. The molecule has 146 valence electrons. The van der Waals surface area contributed by atoms with Crippen LogP contribution in [-0.2, 0) is 6.42 Å². The molecule has 0 fully saturated rings. The minimum Gasteiger partial charge on any atom is -0.348 e. The Morgan fingerprint density at radius 2 is 1.86 bits per heavy atom. The Morgan fingerprint density at radius 1 is 1.03 bits per heavy atom. The van der Waals surface area contributed by atoms with E-state index in [0.29, 0.717) is 11.0 Å². The van der Waals surface area contributed by atoms with Gasteiger partial charge in [0, 0.05) is 16.8 Å². The van der Waals surface area contributed by atoms with Gasteiger partial charge < -0.3 is 5.32 Å². The highest BCUT2D eigenvalue weighted by atomic mass is 35.5. The molecule has 1 N–H and O–H groups in total. The van der Waals surface area contributed by atoms with Crippen molar-refractivity contribution in [1.29, 1.82) is 0 Å². The fourth-order valence-corrected chi connectivity index (χ4v) is 4.28. The highest BCUT2D eigenvalue weighted by molar-refractivity contribution is 7.15. The molecule has 4 aromatic rings. The Bertz CT molecular complexity index is 1110. The second kappa shape index (κ2) is 8.72. The Morgan fingerprint density at radius 3 is 2.62 bits per heavy atom. The number of rotatable bonds is 6. The van der Waals surface area contributed by atoms with E-state index in [2.05, 4.69) is 36.3 Å². The Kier molecular flexibility index (Phi) is 5.88. The highest BCUT2D eigenvalue weighted by Crippen LogP contribution is 2.37. The molecule has 1 atom stereocenters. The first kappa shape index (κ1) is 19.6. The van der Waals surface area contributed by atoms with E-state index in [9.17, 15) is 0 Å². The molecule has 0 aliphatic carbocycles. The summed E-state index contributed by atoms with van der Waals surface area (Å²) >= 11 is 7.88. The molecule has 2 aromatic heterocycles. The van der Waals surface area contributed by atoms with Gasteiger partial charge in [0.1, 0.15) is 0 Å². The Labute approximate surface area is 179 Å². The topological polar surface area (TPSA) is 50.7 Å². The van der Waals surface area contributed by atoms with E-state index in [1.807, 2.05) is 48.5 Å². The molecule has 2 heterocycles. The lowest BCUT2D eigenvalue weighted by molar-refractivity contribution is 0.861. The number of benzene rings is 2. The van der Waals surface area contributed by atoms with Crippen LogP contribution in [-0.4, -0.2) is 15.0 Å². The van der Waals surface area contributed by atoms with Gasteiger partial charge in [-0.1, -0.05) is 61.0 Å². The number of anilines is 1. The smallest absolute Gasteiger partial charge is 0.223 e. The maximum atomic E-state index is 6.21. The largest absolute Gasteiger partial charge is 0.348 e. The standard InChI is InChI=1S/C23H21ClN4S/c1-3-20-28-21(17-10-7-11-18(24)14-17)22(29-20)19-12-13-25-23(27-19)26-15(2)16-8-5-4-6-9-16/h4-15H,3H2,1-2H3,(H,25,26,27)/t15-/m0/s1. The number of hydrogen-bond acceptors (Lipinski definition) is 5. The maximum absolute atomic E-state index is 6.21. The van der Waals surface area contributed by atoms with Crippen molar-refractivity contribution in [2.24, 2.45) is 0 Å². The summed E-state index contributed by atoms with van der Waals surface area (Å²) in [6.45, 7) is 4.21. The number of aromatic nitrogens is 3. The number of halogens is 1. The van der Waals surface area contributed by atoms with Crippen molar-refractivity contribution in [3.05, 3.63) is 82.5 Å². The third-order valence-corrected chi connectivity index (χ3v) is 6.06. The van der Waals surface area contributed by atoms with Gasteiger partial charge in [-0.25, -0.2) is 15.0 Å². The van der Waals surface area contributed by atoms with E-state index in [1.54, 1.807) is 17.5 Å². The first-order chi connectivity index (χ1) is 14.1. The molecule has 6 heteroatoms. The minimum absolute atomic E-state index is 0.103. The molecule has 0 unspecified atom stereocenters. The fraction of sp³-hybridized carbons (Fsp3) is 0.174. The summed E-state index contributed by atoms with van der Waals surface area (Å²) < 4.78 is 0. The fourth-order valence-electron chi connectivity index (χ4n) is 3.09. The van der Waals surface area contributed by atoms with Gasteiger partial charge in [0.25, 0.3) is 0 Å². The van der Waals surface area contributed by atoms with Crippen LogP contribution < -0.4 is 5.32 Å². The molecular weight excluding hydrogens is 400 g/mol. The quantitative estimate of drug-likeness (QED) is 0.379. The lowest BCUT2D eigenvalue weighted by atomic mass is 10.1. The van der Waals surface area contributed by atoms with Crippen LogP contribution in [0.25, 0.3) is 21.8 Å². The second-order valence-corrected chi connectivity index (χ2v) is 8.21. The van der Waals surface area contributed by atoms with Crippen molar-refractivity contribution in [3.63, 3.8) is 0 Å². The molecule has 0 saturated carbocycles. The molecule has 4 nitrogen and oxygen atoms in total. The van der Waals surface area contributed by atoms with Crippen molar-refractivity contribution < 1.29 is 0 Å². The molecule has 4 rings (SSSR count). The molecule has 0 spiro atoms. The molecule has 2 aromatic carbocycles. The van der Waals surface area contributed by atoms with Crippen LogP contribution in [0.2, 0.25) is 5.02 Å². The third-order valence-electron chi connectivity index (χ3n) is 4.61. The summed E-state index contributed by atoms with van der Waals surface area (Å²) in [6, 6.07) is 20.1. The van der Waals surface area contributed by atoms with Gasteiger partial charge in [-0.15, -0.1) is 11.3 Å². The van der Waals surface area contributed by atoms with Crippen LogP contribution in [0.3, 0.4) is 0 Å². The van der Waals surface area contributed by atoms with Crippen LogP contribution in [0, 0.1) is 0 Å². The zero-order valence-electron chi connectivity index (χ0n) is 16.3. The minimum atomic E-state index is 0.103.